The summed E-state index contributed by atoms with van der Waals surface area (Å²) in [6.45, 7) is 2.08. The number of nitrogens with one attached hydrogen (secondary N) is 1. The highest BCUT2D eigenvalue weighted by Gasteiger charge is 2.29. The summed E-state index contributed by atoms with van der Waals surface area (Å²) in [5, 5.41) is 36.0. The smallest absolute Gasteiger partial charge is 0.335 e. The van der Waals surface area contributed by atoms with E-state index in [2.05, 4.69) is 5.32 Å². The average molecular weight is 410 g/mol. The van der Waals surface area contributed by atoms with Crippen molar-refractivity contribution in [2.45, 2.75) is 25.7 Å². The molecule has 0 bridgehead atoms. The maximum absolute atomic E-state index is 10.8. The van der Waals surface area contributed by atoms with Gasteiger partial charge in [0.15, 0.2) is 12.2 Å². The summed E-state index contributed by atoms with van der Waals surface area (Å²) in [4.78, 5) is 30.4. The van der Waals surface area contributed by atoms with Crippen molar-refractivity contribution in [2.24, 2.45) is 0 Å². The standard InChI is InChI=1S/C15H14ClNO.C4H6O6/c1-11(18)17-10-12-2-4-13(5-3-12)14-6-8-15(16)9-7-14;5-1(3(7)8)2(6)4(9)10/h2-9H,10H2,1H3,(H,17,18);1-2,5-6H,(H,7,8)(H,9,10). The molecule has 0 heterocycles. The van der Waals surface area contributed by atoms with Crippen molar-refractivity contribution < 1.29 is 34.8 Å². The number of hydrogen-bond donors (Lipinski definition) is 5. The van der Waals surface area contributed by atoms with Gasteiger partial charge in [0, 0.05) is 18.5 Å². The predicted molar refractivity (Wildman–Crippen MR) is 102 cm³/mol. The lowest BCUT2D eigenvalue weighted by molar-refractivity contribution is -0.165. The number of aliphatic hydroxyl groups excluding tert-OH is 2. The zero-order valence-corrected chi connectivity index (χ0v) is 15.6. The van der Waals surface area contributed by atoms with E-state index in [1.807, 2.05) is 48.5 Å². The third-order valence-corrected chi connectivity index (χ3v) is 3.73. The second kappa shape index (κ2) is 11.0. The number of benzene rings is 2. The minimum absolute atomic E-state index is 0.0169. The van der Waals surface area contributed by atoms with E-state index in [9.17, 15) is 14.4 Å². The first-order valence-electron chi connectivity index (χ1n) is 8.03. The molecule has 0 aliphatic rings. The number of carboxylic acid groups (broad SMARTS) is 2. The number of amides is 1. The largest absolute Gasteiger partial charge is 0.479 e. The van der Waals surface area contributed by atoms with E-state index in [4.69, 9.17) is 32.0 Å². The molecule has 28 heavy (non-hydrogen) atoms. The van der Waals surface area contributed by atoms with Crippen molar-refractivity contribution in [1.82, 2.24) is 5.32 Å². The fourth-order valence-corrected chi connectivity index (χ4v) is 2.08. The molecule has 150 valence electrons. The van der Waals surface area contributed by atoms with Gasteiger partial charge in [-0.25, -0.2) is 9.59 Å². The van der Waals surface area contributed by atoms with Crippen LogP contribution < -0.4 is 5.32 Å². The summed E-state index contributed by atoms with van der Waals surface area (Å²) in [6.07, 6.45) is -4.53. The second-order valence-corrected chi connectivity index (χ2v) is 6.12. The first-order chi connectivity index (χ1) is 13.1. The molecule has 9 heteroatoms. The number of carbonyl (C=O) groups excluding carboxylic acids is 1. The van der Waals surface area contributed by atoms with Crippen LogP contribution in [0.15, 0.2) is 48.5 Å². The maximum atomic E-state index is 10.8. The van der Waals surface area contributed by atoms with Gasteiger partial charge in [-0.1, -0.05) is 48.0 Å². The molecule has 0 spiro atoms. The highest BCUT2D eigenvalue weighted by Crippen LogP contribution is 2.21. The van der Waals surface area contributed by atoms with Gasteiger partial charge in [0.05, 0.1) is 0 Å². The van der Waals surface area contributed by atoms with E-state index in [1.165, 1.54) is 6.92 Å². The van der Waals surface area contributed by atoms with Gasteiger partial charge in [-0.3, -0.25) is 4.79 Å². The third-order valence-electron chi connectivity index (χ3n) is 3.48. The SMILES string of the molecule is CC(=O)NCc1ccc(-c2ccc(Cl)cc2)cc1.O=C(O)C(O)C(O)C(=O)O. The molecule has 2 atom stereocenters. The number of aliphatic carboxylic acids is 2. The van der Waals surface area contributed by atoms with Crippen LogP contribution in [-0.4, -0.2) is 50.5 Å². The summed E-state index contributed by atoms with van der Waals surface area (Å²) < 4.78 is 0. The summed E-state index contributed by atoms with van der Waals surface area (Å²) in [5.74, 6) is -3.55. The van der Waals surface area contributed by atoms with Gasteiger partial charge in [0.1, 0.15) is 0 Å². The Morgan fingerprint density at radius 2 is 1.25 bits per heavy atom. The Hall–Kier alpha value is -2.94. The van der Waals surface area contributed by atoms with E-state index < -0.39 is 24.1 Å². The molecule has 2 rings (SSSR count). The maximum Gasteiger partial charge on any atom is 0.335 e. The van der Waals surface area contributed by atoms with Crippen molar-refractivity contribution in [1.29, 1.82) is 0 Å². The Labute approximate surface area is 166 Å². The zero-order chi connectivity index (χ0) is 21.3. The zero-order valence-electron chi connectivity index (χ0n) is 14.9. The molecule has 2 aromatic rings. The lowest BCUT2D eigenvalue weighted by Crippen LogP contribution is -2.39. The summed E-state index contributed by atoms with van der Waals surface area (Å²) >= 11 is 5.86. The van der Waals surface area contributed by atoms with Gasteiger partial charge >= 0.3 is 11.9 Å². The van der Waals surface area contributed by atoms with Crippen LogP contribution in [0.3, 0.4) is 0 Å². The predicted octanol–water partition coefficient (Wildman–Crippen LogP) is 1.52. The molecule has 2 unspecified atom stereocenters. The van der Waals surface area contributed by atoms with Crippen LogP contribution in [0.1, 0.15) is 12.5 Å². The fourth-order valence-electron chi connectivity index (χ4n) is 1.95. The van der Waals surface area contributed by atoms with Crippen molar-refractivity contribution in [3.05, 3.63) is 59.1 Å². The van der Waals surface area contributed by atoms with Crippen molar-refractivity contribution in [2.75, 3.05) is 0 Å². The number of carboxylic acids is 2. The molecule has 1 amide bonds. The number of carbonyl (C=O) groups is 3. The minimum atomic E-state index is -2.27. The van der Waals surface area contributed by atoms with Gasteiger partial charge < -0.3 is 25.7 Å². The van der Waals surface area contributed by atoms with E-state index in [1.54, 1.807) is 0 Å². The van der Waals surface area contributed by atoms with E-state index in [0.29, 0.717) is 6.54 Å². The number of aliphatic hydroxyl groups is 2. The normalized spacial score (nSPS) is 12.1. The number of hydrogen-bond acceptors (Lipinski definition) is 5. The first kappa shape index (κ1) is 23.1. The van der Waals surface area contributed by atoms with Gasteiger partial charge in [-0.05, 0) is 28.8 Å². The Bertz CT molecular complexity index is 788. The van der Waals surface area contributed by atoms with Crippen LogP contribution in [0, 0.1) is 0 Å². The molecular weight excluding hydrogens is 390 g/mol. The van der Waals surface area contributed by atoms with Crippen LogP contribution in [0.4, 0.5) is 0 Å². The quantitative estimate of drug-likeness (QED) is 0.486. The van der Waals surface area contributed by atoms with Crippen molar-refractivity contribution in [3.8, 4) is 11.1 Å². The van der Waals surface area contributed by atoms with Gasteiger partial charge in [-0.2, -0.15) is 0 Å². The molecule has 0 aromatic heterocycles. The average Bonchev–Trinajstić information content (AvgIpc) is 2.66. The lowest BCUT2D eigenvalue weighted by Gasteiger charge is -2.07. The van der Waals surface area contributed by atoms with Crippen LogP contribution in [0.2, 0.25) is 5.02 Å². The van der Waals surface area contributed by atoms with Crippen LogP contribution >= 0.6 is 11.6 Å². The van der Waals surface area contributed by atoms with Gasteiger partial charge in [0.25, 0.3) is 0 Å². The van der Waals surface area contributed by atoms with Crippen LogP contribution in [0.5, 0.6) is 0 Å². The molecule has 5 N–H and O–H groups in total. The van der Waals surface area contributed by atoms with Gasteiger partial charge in [0.2, 0.25) is 5.91 Å². The third kappa shape index (κ3) is 7.75. The Kier molecular flexibility index (Phi) is 9.10. The van der Waals surface area contributed by atoms with Crippen LogP contribution in [0.25, 0.3) is 11.1 Å². The number of halogens is 1. The molecule has 0 saturated carbocycles. The number of rotatable bonds is 6. The molecule has 8 nitrogen and oxygen atoms in total. The molecule has 0 fully saturated rings. The Morgan fingerprint density at radius 3 is 1.61 bits per heavy atom. The van der Waals surface area contributed by atoms with Crippen LogP contribution in [-0.2, 0) is 20.9 Å². The lowest BCUT2D eigenvalue weighted by atomic mass is 10.0. The summed E-state index contributed by atoms with van der Waals surface area (Å²) in [5.41, 5.74) is 3.35. The fraction of sp³-hybridized carbons (Fsp3) is 0.211. The molecule has 0 aliphatic carbocycles. The molecule has 0 saturated heterocycles. The Morgan fingerprint density at radius 1 is 0.857 bits per heavy atom. The van der Waals surface area contributed by atoms with Crippen molar-refractivity contribution >= 4 is 29.4 Å². The summed E-state index contributed by atoms with van der Waals surface area (Å²) in [6, 6.07) is 15.8. The minimum Gasteiger partial charge on any atom is -0.479 e. The second-order valence-electron chi connectivity index (χ2n) is 5.68. The molecular formula is C19H20ClNO7. The molecule has 0 radical (unpaired) electrons. The highest BCUT2D eigenvalue weighted by atomic mass is 35.5. The highest BCUT2D eigenvalue weighted by molar-refractivity contribution is 6.30. The monoisotopic (exact) mass is 409 g/mol. The summed E-state index contributed by atoms with van der Waals surface area (Å²) in [7, 11) is 0. The van der Waals surface area contributed by atoms with Crippen molar-refractivity contribution in [3.63, 3.8) is 0 Å². The van der Waals surface area contributed by atoms with E-state index >= 15 is 0 Å². The molecule has 0 aliphatic heterocycles. The molecule has 2 aromatic carbocycles. The van der Waals surface area contributed by atoms with E-state index in [-0.39, 0.29) is 5.91 Å². The topological polar surface area (TPSA) is 144 Å². The van der Waals surface area contributed by atoms with E-state index in [0.717, 1.165) is 21.7 Å². The first-order valence-corrected chi connectivity index (χ1v) is 8.40. The van der Waals surface area contributed by atoms with Gasteiger partial charge in [-0.15, -0.1) is 0 Å². The Balaban J connectivity index is 0.000000336.